The third-order valence-electron chi connectivity index (χ3n) is 7.38. The van der Waals surface area contributed by atoms with Crippen LogP contribution in [0, 0.1) is 0 Å². The molecule has 14 nitrogen and oxygen atoms in total. The molecule has 1 aromatic heterocycles. The molecule has 1 aliphatic carbocycles. The molecule has 18 heteroatoms. The van der Waals surface area contributed by atoms with Crippen LogP contribution in [0.5, 0.6) is 6.01 Å². The van der Waals surface area contributed by atoms with Crippen molar-refractivity contribution >= 4 is 52.4 Å². The van der Waals surface area contributed by atoms with Crippen LogP contribution in [0.25, 0.3) is 0 Å². The van der Waals surface area contributed by atoms with E-state index in [0.717, 1.165) is 5.56 Å². The smallest absolute Gasteiger partial charge is 0.422 e. The summed E-state index contributed by atoms with van der Waals surface area (Å²) in [6, 6.07) is 10.9. The summed E-state index contributed by atoms with van der Waals surface area (Å²) in [7, 11) is 1.47. The van der Waals surface area contributed by atoms with Crippen LogP contribution < -0.4 is 42.2 Å². The number of ether oxygens (including phenoxy) is 1. The normalized spacial score (nSPS) is 14.1. The summed E-state index contributed by atoms with van der Waals surface area (Å²) in [4.78, 5) is 60.0. The second-order valence-electron chi connectivity index (χ2n) is 10.8. The Labute approximate surface area is 274 Å². The van der Waals surface area contributed by atoms with Gasteiger partial charge in [-0.15, -0.1) is 0 Å². The van der Waals surface area contributed by atoms with Crippen molar-refractivity contribution in [1.82, 2.24) is 20.3 Å². The van der Waals surface area contributed by atoms with Gasteiger partial charge in [-0.05, 0) is 61.2 Å². The lowest BCUT2D eigenvalue weighted by Crippen LogP contribution is -2.42. The second kappa shape index (κ2) is 13.7. The summed E-state index contributed by atoms with van der Waals surface area (Å²) in [6.45, 7) is -1.64. The maximum absolute atomic E-state index is 12.9. The van der Waals surface area contributed by atoms with Crippen molar-refractivity contribution in [3.63, 3.8) is 0 Å². The van der Waals surface area contributed by atoms with Gasteiger partial charge in [0.15, 0.2) is 6.61 Å². The van der Waals surface area contributed by atoms with Gasteiger partial charge < -0.3 is 36.4 Å². The first-order valence-electron chi connectivity index (χ1n) is 14.4. The molecule has 5 rings (SSSR count). The van der Waals surface area contributed by atoms with E-state index in [-0.39, 0.29) is 41.8 Å². The second-order valence-corrected chi connectivity index (χ2v) is 11.3. The van der Waals surface area contributed by atoms with E-state index < -0.39 is 53.1 Å². The molecule has 1 atom stereocenters. The number of anilines is 5. The first-order chi connectivity index (χ1) is 22.8. The van der Waals surface area contributed by atoms with Crippen LogP contribution in [-0.2, 0) is 10.3 Å². The molecular formula is C30H28ClF3N8O6. The fourth-order valence-electron chi connectivity index (χ4n) is 4.75. The number of aromatic nitrogens is 3. The van der Waals surface area contributed by atoms with Crippen molar-refractivity contribution in [3.05, 3.63) is 85.1 Å². The summed E-state index contributed by atoms with van der Waals surface area (Å²) in [6.07, 6.45) is -3.32. The summed E-state index contributed by atoms with van der Waals surface area (Å²) in [5.74, 6) is -2.19. The number of carboxylic acid groups (broad SMARTS) is 1. The number of halogens is 4. The molecule has 0 radical (unpaired) electrons. The molecule has 1 heterocycles. The molecule has 0 aliphatic heterocycles. The number of nitrogens with one attached hydrogen (secondary N) is 5. The molecule has 1 saturated carbocycles. The highest BCUT2D eigenvalue weighted by atomic mass is 35.5. The highest BCUT2D eigenvalue weighted by molar-refractivity contribution is 6.30. The molecule has 48 heavy (non-hydrogen) atoms. The predicted molar refractivity (Wildman–Crippen MR) is 170 cm³/mol. The predicted octanol–water partition coefficient (Wildman–Crippen LogP) is 3.63. The highest BCUT2D eigenvalue weighted by Crippen LogP contribution is 2.48. The zero-order valence-electron chi connectivity index (χ0n) is 25.1. The van der Waals surface area contributed by atoms with E-state index in [1.54, 1.807) is 12.1 Å². The Bertz CT molecular complexity index is 1880. The lowest BCUT2D eigenvalue weighted by Gasteiger charge is -2.19. The van der Waals surface area contributed by atoms with E-state index in [1.807, 2.05) is 12.1 Å². The summed E-state index contributed by atoms with van der Waals surface area (Å²) in [5, 5.41) is 23.9. The molecular weight excluding hydrogens is 661 g/mol. The lowest BCUT2D eigenvalue weighted by atomic mass is 10.1. The number of carbonyl (C=O) groups excluding carboxylic acids is 1. The first-order valence-corrected chi connectivity index (χ1v) is 14.8. The van der Waals surface area contributed by atoms with Crippen LogP contribution in [0.4, 0.5) is 42.1 Å². The van der Waals surface area contributed by atoms with Crippen molar-refractivity contribution in [2.24, 2.45) is 0 Å². The number of benzene rings is 2. The van der Waals surface area contributed by atoms with Crippen LogP contribution in [-0.4, -0.2) is 64.4 Å². The monoisotopic (exact) mass is 688 g/mol. The zero-order chi connectivity index (χ0) is 34.6. The van der Waals surface area contributed by atoms with E-state index >= 15 is 0 Å². The van der Waals surface area contributed by atoms with Crippen LogP contribution in [0.3, 0.4) is 0 Å². The van der Waals surface area contributed by atoms with Gasteiger partial charge in [0.05, 0.1) is 5.54 Å². The number of aliphatic carboxylic acids is 1. The number of carbonyl (C=O) groups is 2. The van der Waals surface area contributed by atoms with Crippen LogP contribution in [0.1, 0.15) is 35.2 Å². The van der Waals surface area contributed by atoms with Crippen molar-refractivity contribution in [3.8, 4) is 6.01 Å². The van der Waals surface area contributed by atoms with Gasteiger partial charge in [-0.2, -0.15) is 28.1 Å². The van der Waals surface area contributed by atoms with Crippen molar-refractivity contribution in [2.45, 2.75) is 37.0 Å². The van der Waals surface area contributed by atoms with E-state index in [4.69, 9.17) is 16.3 Å². The molecule has 6 N–H and O–H groups in total. The Morgan fingerprint density at radius 3 is 2.23 bits per heavy atom. The summed E-state index contributed by atoms with van der Waals surface area (Å²) < 4.78 is 43.4. The number of hydrogen-bond acceptors (Lipinski definition) is 12. The molecule has 1 fully saturated rings. The average molecular weight is 689 g/mol. The van der Waals surface area contributed by atoms with E-state index in [0.29, 0.717) is 23.6 Å². The number of amides is 1. The van der Waals surface area contributed by atoms with Gasteiger partial charge in [0.2, 0.25) is 11.9 Å². The fraction of sp³-hybridized carbons (Fsp3) is 0.300. The molecule has 252 valence electrons. The van der Waals surface area contributed by atoms with Gasteiger partial charge in [0.25, 0.3) is 16.8 Å². The zero-order valence-corrected chi connectivity index (χ0v) is 25.8. The van der Waals surface area contributed by atoms with Gasteiger partial charge in [-0.3, -0.25) is 14.4 Å². The molecule has 1 aliphatic rings. The molecule has 0 unspecified atom stereocenters. The van der Waals surface area contributed by atoms with Crippen molar-refractivity contribution in [2.75, 3.05) is 41.5 Å². The minimum absolute atomic E-state index is 0.0160. The van der Waals surface area contributed by atoms with Gasteiger partial charge >= 0.3 is 18.2 Å². The lowest BCUT2D eigenvalue weighted by molar-refractivity contribution is -0.154. The van der Waals surface area contributed by atoms with Crippen LogP contribution in [0.2, 0.25) is 5.02 Å². The van der Waals surface area contributed by atoms with Gasteiger partial charge in [0, 0.05) is 29.9 Å². The third-order valence-corrected chi connectivity index (χ3v) is 7.63. The Morgan fingerprint density at radius 1 is 0.979 bits per heavy atom. The Balaban J connectivity index is 1.25. The van der Waals surface area contributed by atoms with Crippen LogP contribution >= 0.6 is 11.6 Å². The maximum Gasteiger partial charge on any atom is 0.422 e. The van der Waals surface area contributed by atoms with Crippen molar-refractivity contribution < 1.29 is 32.6 Å². The SMILES string of the molecule is CNc1c(NCC[C@H](NC(=O)c2ccc(Nc3nc(NC4(c5ccc(Cl)cc5)CC4)nc(OCC(F)(F)F)n3)cc2)C(=O)O)c(=O)c1=O. The molecule has 0 saturated heterocycles. The molecule has 0 bridgehead atoms. The van der Waals surface area contributed by atoms with Crippen LogP contribution in [0.15, 0.2) is 58.1 Å². The first kappa shape index (κ1) is 33.9. The molecule has 3 aromatic carbocycles. The molecule has 4 aromatic rings. The topological polar surface area (TPSA) is 197 Å². The number of nitrogens with zero attached hydrogens (tertiary/aromatic N) is 3. The number of hydrogen-bond donors (Lipinski definition) is 6. The van der Waals surface area contributed by atoms with Gasteiger partial charge in [-0.1, -0.05) is 23.7 Å². The molecule has 1 amide bonds. The summed E-state index contributed by atoms with van der Waals surface area (Å²) in [5.41, 5.74) is -0.460. The Hall–Kier alpha value is -5.45. The minimum atomic E-state index is -4.63. The molecule has 0 spiro atoms. The third kappa shape index (κ3) is 8.09. The van der Waals surface area contributed by atoms with Crippen molar-refractivity contribution in [1.29, 1.82) is 0 Å². The largest absolute Gasteiger partial charge is 0.480 e. The number of rotatable bonds is 15. The number of alkyl halides is 3. The summed E-state index contributed by atoms with van der Waals surface area (Å²) >= 11 is 6.00. The number of carboxylic acids is 1. The Kier molecular flexibility index (Phi) is 9.69. The fourth-order valence-corrected chi connectivity index (χ4v) is 4.87. The van der Waals surface area contributed by atoms with Gasteiger partial charge in [-0.25, -0.2) is 4.79 Å². The minimum Gasteiger partial charge on any atom is -0.480 e. The van der Waals surface area contributed by atoms with E-state index in [1.165, 1.54) is 31.3 Å². The highest BCUT2D eigenvalue weighted by Gasteiger charge is 2.45. The van der Waals surface area contributed by atoms with E-state index in [2.05, 4.69) is 41.5 Å². The standard InChI is InChI=1S/C30H28ClF3N8O6/c1-35-20-21(23(44)22(20)43)36-13-10-19(25(46)47)38-24(45)15-2-8-18(9-3-15)37-26-39-27(41-28(40-26)48-14-30(32,33)34)42-29(11-12-29)16-4-6-17(31)7-5-16/h2-9,19,35-36H,10-14H2,1H3,(H,38,45)(H,46,47)(H2,37,39,40,41,42)/t19-/m0/s1. The Morgan fingerprint density at radius 2 is 1.62 bits per heavy atom. The van der Waals surface area contributed by atoms with E-state index in [9.17, 15) is 37.5 Å². The maximum atomic E-state index is 12.9. The van der Waals surface area contributed by atoms with Gasteiger partial charge in [0.1, 0.15) is 17.4 Å². The quantitative estimate of drug-likeness (QED) is 0.0992. The average Bonchev–Trinajstić information content (AvgIpc) is 3.82.